The predicted octanol–water partition coefficient (Wildman–Crippen LogP) is 6.07. The minimum atomic E-state index is 0.748. The average molecular weight is 479 g/mol. The first-order valence-corrected chi connectivity index (χ1v) is 15.3. The van der Waals surface area contributed by atoms with Crippen molar-refractivity contribution in [3.8, 4) is 0 Å². The van der Waals surface area contributed by atoms with Crippen molar-refractivity contribution in [3.05, 3.63) is 0 Å². The second-order valence-corrected chi connectivity index (χ2v) is 11.3. The maximum absolute atomic E-state index is 5.72. The van der Waals surface area contributed by atoms with E-state index in [-0.39, 0.29) is 0 Å². The number of hydrogen-bond acceptors (Lipinski definition) is 8. The summed E-state index contributed by atoms with van der Waals surface area (Å²) < 4.78 is 10.5. The number of thiol groups is 2. The zero-order valence-electron chi connectivity index (χ0n) is 16.1. The van der Waals surface area contributed by atoms with Crippen LogP contribution in [0.4, 0.5) is 0 Å². The molecule has 0 aliphatic rings. The Bertz CT molecular complexity index is 226. The van der Waals surface area contributed by atoms with Crippen LogP contribution in [0.2, 0.25) is 0 Å². The van der Waals surface area contributed by atoms with E-state index in [1.807, 2.05) is 23.5 Å². The molecule has 0 aromatic heterocycles. The molecule has 0 amide bonds. The zero-order chi connectivity index (χ0) is 19.0. The number of hydrogen-bond donors (Lipinski definition) is 2. The molecular formula is C18H38O2S6. The summed E-state index contributed by atoms with van der Waals surface area (Å²) in [5.41, 5.74) is 0. The zero-order valence-corrected chi connectivity index (χ0v) is 21.1. The van der Waals surface area contributed by atoms with Gasteiger partial charge in [-0.05, 0) is 73.8 Å². The molecule has 0 fully saturated rings. The van der Waals surface area contributed by atoms with Gasteiger partial charge in [-0.1, -0.05) is 6.42 Å². The Morgan fingerprint density at radius 2 is 1.08 bits per heavy atom. The minimum absolute atomic E-state index is 0.748. The van der Waals surface area contributed by atoms with Crippen molar-refractivity contribution in [1.29, 1.82) is 0 Å². The normalized spacial score (nSPS) is 11.3. The van der Waals surface area contributed by atoms with E-state index < -0.39 is 0 Å². The third kappa shape index (κ3) is 26.0. The molecule has 26 heavy (non-hydrogen) atoms. The Hall–Kier alpha value is 2.02. The summed E-state index contributed by atoms with van der Waals surface area (Å²) in [5.74, 6) is 10.9. The predicted molar refractivity (Wildman–Crippen MR) is 137 cm³/mol. The Morgan fingerprint density at radius 3 is 1.81 bits per heavy atom. The van der Waals surface area contributed by atoms with Crippen molar-refractivity contribution in [2.75, 3.05) is 71.6 Å². The highest BCUT2D eigenvalue weighted by atomic mass is 32.2. The smallest absolute Gasteiger partial charge is 0.0701 e. The summed E-state index contributed by atoms with van der Waals surface area (Å²) in [7, 11) is 0. The molecular weight excluding hydrogens is 441 g/mol. The van der Waals surface area contributed by atoms with E-state index in [2.05, 4.69) is 49.1 Å². The van der Waals surface area contributed by atoms with Crippen molar-refractivity contribution in [2.45, 2.75) is 38.5 Å². The molecule has 8 heteroatoms. The van der Waals surface area contributed by atoms with Gasteiger partial charge in [0, 0.05) is 29.6 Å². The molecule has 0 N–H and O–H groups in total. The van der Waals surface area contributed by atoms with Crippen LogP contribution >= 0.6 is 72.6 Å². The molecule has 0 aromatic carbocycles. The third-order valence-electron chi connectivity index (χ3n) is 3.41. The highest BCUT2D eigenvalue weighted by molar-refractivity contribution is 8.02. The highest BCUT2D eigenvalue weighted by Gasteiger charge is 1.95. The maximum Gasteiger partial charge on any atom is 0.0701 e. The van der Waals surface area contributed by atoms with Crippen molar-refractivity contribution in [3.63, 3.8) is 0 Å². The van der Waals surface area contributed by atoms with Gasteiger partial charge in [0.05, 0.1) is 13.2 Å². The van der Waals surface area contributed by atoms with Gasteiger partial charge in [-0.15, -0.1) is 0 Å². The van der Waals surface area contributed by atoms with Gasteiger partial charge in [-0.2, -0.15) is 59.7 Å². The fraction of sp³-hybridized carbons (Fsp3) is 1.00. The molecule has 158 valence electrons. The molecule has 0 atom stereocenters. The van der Waals surface area contributed by atoms with Crippen LogP contribution in [0, 0.1) is 0 Å². The molecule has 0 heterocycles. The van der Waals surface area contributed by atoms with E-state index in [0.717, 1.165) is 37.1 Å². The molecule has 0 saturated carbocycles. The Kier molecular flexibility index (Phi) is 29.1. The number of rotatable bonds is 23. The molecule has 0 aromatic rings. The first-order valence-electron chi connectivity index (χ1n) is 9.67. The standard InChI is InChI=1S/C18H38O2S6/c21-10-3-5-12-25-17-18-26-15-8-19-7-2-1-4-11-23-13-6-14-24-16-9-20-22/h21-22H,1-18H2. The molecule has 0 saturated heterocycles. The minimum Gasteiger partial charge on any atom is -0.381 e. The van der Waals surface area contributed by atoms with Gasteiger partial charge in [0.1, 0.15) is 0 Å². The summed E-state index contributed by atoms with van der Waals surface area (Å²) in [6, 6.07) is 0. The van der Waals surface area contributed by atoms with Crippen molar-refractivity contribution >= 4 is 72.6 Å². The van der Waals surface area contributed by atoms with Crippen LogP contribution in [0.5, 0.6) is 0 Å². The largest absolute Gasteiger partial charge is 0.381 e. The fourth-order valence-corrected chi connectivity index (χ4v) is 6.34. The number of ether oxygens (including phenoxy) is 1. The van der Waals surface area contributed by atoms with Crippen LogP contribution in [0.25, 0.3) is 0 Å². The Morgan fingerprint density at radius 1 is 0.500 bits per heavy atom. The summed E-state index contributed by atoms with van der Waals surface area (Å²) in [4.78, 5) is 0. The van der Waals surface area contributed by atoms with E-state index in [4.69, 9.17) is 8.92 Å². The van der Waals surface area contributed by atoms with Crippen LogP contribution in [0.3, 0.4) is 0 Å². The molecule has 0 unspecified atom stereocenters. The van der Waals surface area contributed by atoms with Crippen molar-refractivity contribution in [1.82, 2.24) is 0 Å². The van der Waals surface area contributed by atoms with Gasteiger partial charge in [0.15, 0.2) is 0 Å². The molecule has 0 rings (SSSR count). The molecule has 0 aliphatic carbocycles. The SMILES string of the molecule is SCCCCSCCSCCOCCCCCSCCCSCCOS. The lowest BCUT2D eigenvalue weighted by molar-refractivity contribution is 0.146. The molecule has 0 bridgehead atoms. The fourth-order valence-electron chi connectivity index (χ4n) is 2.01. The summed E-state index contributed by atoms with van der Waals surface area (Å²) in [6.07, 6.45) is 7.71. The number of unbranched alkanes of at least 4 members (excludes halogenated alkanes) is 3. The van der Waals surface area contributed by atoms with Gasteiger partial charge in [-0.3, -0.25) is 0 Å². The van der Waals surface area contributed by atoms with Crippen molar-refractivity contribution < 1.29 is 8.92 Å². The summed E-state index contributed by atoms with van der Waals surface area (Å²) in [5, 5.41) is 0. The van der Waals surface area contributed by atoms with Crippen molar-refractivity contribution in [2.24, 2.45) is 0 Å². The van der Waals surface area contributed by atoms with Crippen LogP contribution in [0.15, 0.2) is 0 Å². The monoisotopic (exact) mass is 478 g/mol. The van der Waals surface area contributed by atoms with Crippen LogP contribution in [-0.2, 0) is 8.92 Å². The first-order chi connectivity index (χ1) is 12.9. The van der Waals surface area contributed by atoms with Crippen LogP contribution < -0.4 is 0 Å². The topological polar surface area (TPSA) is 18.5 Å². The van der Waals surface area contributed by atoms with Crippen LogP contribution in [0.1, 0.15) is 38.5 Å². The molecule has 0 spiro atoms. The first kappa shape index (κ1) is 28.0. The van der Waals surface area contributed by atoms with Gasteiger partial charge in [-0.25, -0.2) is 0 Å². The summed E-state index contributed by atoms with van der Waals surface area (Å²) in [6.45, 7) is 2.60. The van der Waals surface area contributed by atoms with E-state index in [1.165, 1.54) is 73.0 Å². The highest BCUT2D eigenvalue weighted by Crippen LogP contribution is 2.12. The summed E-state index contributed by atoms with van der Waals surface area (Å²) >= 11 is 16.1. The molecule has 2 nitrogen and oxygen atoms in total. The lowest BCUT2D eigenvalue weighted by Crippen LogP contribution is -2.01. The van der Waals surface area contributed by atoms with Gasteiger partial charge in [0.25, 0.3) is 0 Å². The quantitative estimate of drug-likeness (QED) is 0.105. The van der Waals surface area contributed by atoms with Gasteiger partial charge in [0.2, 0.25) is 0 Å². The second-order valence-electron chi connectivity index (χ2n) is 5.74. The molecule has 0 radical (unpaired) electrons. The van der Waals surface area contributed by atoms with Gasteiger partial charge >= 0.3 is 0 Å². The molecule has 0 aliphatic heterocycles. The lowest BCUT2D eigenvalue weighted by atomic mass is 10.3. The van der Waals surface area contributed by atoms with Crippen LogP contribution in [-0.4, -0.2) is 71.6 Å². The number of thioether (sulfide) groups is 4. The van der Waals surface area contributed by atoms with E-state index in [1.54, 1.807) is 0 Å². The third-order valence-corrected chi connectivity index (χ3v) is 8.38. The van der Waals surface area contributed by atoms with E-state index in [9.17, 15) is 0 Å². The van der Waals surface area contributed by atoms with E-state index in [0.29, 0.717) is 0 Å². The Balaban J connectivity index is 2.95. The maximum atomic E-state index is 5.72. The average Bonchev–Trinajstić information content (AvgIpc) is 2.66. The lowest BCUT2D eigenvalue weighted by Gasteiger charge is -2.05. The van der Waals surface area contributed by atoms with Gasteiger partial charge < -0.3 is 8.92 Å². The Labute approximate surface area is 190 Å². The van der Waals surface area contributed by atoms with E-state index >= 15 is 0 Å². The second kappa shape index (κ2) is 27.0.